The van der Waals surface area contributed by atoms with Gasteiger partial charge in [0.15, 0.2) is 0 Å². The van der Waals surface area contributed by atoms with E-state index in [-0.39, 0.29) is 5.41 Å². The van der Waals surface area contributed by atoms with E-state index in [0.29, 0.717) is 0 Å². The smallest absolute Gasteiger partial charge is 0.0540 e. The number of hydrogen-bond donors (Lipinski definition) is 0. The Hall–Kier alpha value is -8.52. The molecule has 1 aliphatic carbocycles. The van der Waals surface area contributed by atoms with Crippen molar-refractivity contribution in [2.75, 3.05) is 4.90 Å². The van der Waals surface area contributed by atoms with E-state index in [1.807, 2.05) is 0 Å². The van der Waals surface area contributed by atoms with Crippen molar-refractivity contribution in [2.45, 2.75) is 12.3 Å². The van der Waals surface area contributed by atoms with E-state index < -0.39 is 0 Å². The topological polar surface area (TPSA) is 3.24 Å². The molecule has 0 N–H and O–H groups in total. The normalized spacial score (nSPS) is 13.8. The summed E-state index contributed by atoms with van der Waals surface area (Å²) in [6.07, 6.45) is 0. The lowest BCUT2D eigenvalue weighted by Gasteiger charge is -2.29. The number of benzene rings is 11. The number of anilines is 3. The second kappa shape index (κ2) is 16.8. The van der Waals surface area contributed by atoms with Crippen LogP contribution in [0.1, 0.15) is 23.6 Å². The van der Waals surface area contributed by atoms with Gasteiger partial charge in [-0.15, -0.1) is 0 Å². The minimum atomic E-state index is -0.281. The SMILES string of the molecule is CC1(c2ccccc2)c2ccccc2-c2c(-c3cccc(N(c4ccc(-c5ccc(-c6ccc7ccccc7c6)cc5)cc4)c4ccccc4-c4ccccc4-c4ccccc4)c3)cccc21. The monoisotopic (exact) mass is 853 g/mol. The van der Waals surface area contributed by atoms with Crippen LogP contribution in [0.25, 0.3) is 77.5 Å². The summed E-state index contributed by atoms with van der Waals surface area (Å²) in [6.45, 7) is 2.39. The molecular formula is C66H47N. The highest BCUT2D eigenvalue weighted by Crippen LogP contribution is 2.55. The molecule has 0 heterocycles. The van der Waals surface area contributed by atoms with Gasteiger partial charge in [-0.2, -0.15) is 0 Å². The highest BCUT2D eigenvalue weighted by molar-refractivity contribution is 5.97. The van der Waals surface area contributed by atoms with Crippen molar-refractivity contribution in [2.24, 2.45) is 0 Å². The molecule has 0 saturated heterocycles. The molecule has 0 spiro atoms. The average molecular weight is 854 g/mol. The highest BCUT2D eigenvalue weighted by atomic mass is 15.1. The van der Waals surface area contributed by atoms with Crippen molar-refractivity contribution >= 4 is 27.8 Å². The first-order chi connectivity index (χ1) is 33.1. The molecule has 1 unspecified atom stereocenters. The molecule has 67 heavy (non-hydrogen) atoms. The number of hydrogen-bond acceptors (Lipinski definition) is 1. The molecule has 1 atom stereocenters. The Morgan fingerprint density at radius 3 is 1.57 bits per heavy atom. The third-order valence-electron chi connectivity index (χ3n) is 14.0. The summed E-state index contributed by atoms with van der Waals surface area (Å²) < 4.78 is 0. The molecule has 1 nitrogen and oxygen atoms in total. The van der Waals surface area contributed by atoms with Crippen LogP contribution in [0.2, 0.25) is 0 Å². The zero-order valence-corrected chi connectivity index (χ0v) is 37.4. The van der Waals surface area contributed by atoms with Crippen LogP contribution in [0.3, 0.4) is 0 Å². The maximum Gasteiger partial charge on any atom is 0.0540 e. The number of para-hydroxylation sites is 1. The van der Waals surface area contributed by atoms with Gasteiger partial charge in [0, 0.05) is 22.4 Å². The molecule has 0 aliphatic heterocycles. The average Bonchev–Trinajstić information content (AvgIpc) is 3.68. The molecule has 1 heteroatoms. The predicted molar refractivity (Wildman–Crippen MR) is 283 cm³/mol. The molecule has 1 aliphatic rings. The van der Waals surface area contributed by atoms with Crippen LogP contribution in [0, 0.1) is 0 Å². The Morgan fingerprint density at radius 1 is 0.284 bits per heavy atom. The zero-order valence-electron chi connectivity index (χ0n) is 37.4. The summed E-state index contributed by atoms with van der Waals surface area (Å²) >= 11 is 0. The summed E-state index contributed by atoms with van der Waals surface area (Å²) in [5.74, 6) is 0. The van der Waals surface area contributed by atoms with Crippen molar-refractivity contribution < 1.29 is 0 Å². The van der Waals surface area contributed by atoms with Crippen LogP contribution in [-0.4, -0.2) is 0 Å². The summed E-state index contributed by atoms with van der Waals surface area (Å²) in [5.41, 5.74) is 21.5. The molecule has 0 bridgehead atoms. The molecule has 0 radical (unpaired) electrons. The standard InChI is InChI=1S/C66H47N/c1-66(54-23-6-3-7-24-54)62-31-14-12-29-61(62)65-58(30-17-32-63(65)66)53-22-16-25-56(45-53)67(64-33-15-13-28-60(64)59-27-11-10-26-57(59)50-19-4-2-5-20-50)55-42-40-48(41-43-55)47-34-36-49(37-35-47)52-39-38-46-18-8-9-21-51(46)44-52/h2-45H,1H3. The highest BCUT2D eigenvalue weighted by Gasteiger charge is 2.41. The van der Waals surface area contributed by atoms with Crippen LogP contribution >= 0.6 is 0 Å². The van der Waals surface area contributed by atoms with Gasteiger partial charge in [-0.05, 0) is 132 Å². The molecule has 316 valence electrons. The maximum absolute atomic E-state index is 2.44. The lowest BCUT2D eigenvalue weighted by molar-refractivity contribution is 0.714. The minimum absolute atomic E-state index is 0.281. The van der Waals surface area contributed by atoms with Crippen LogP contribution < -0.4 is 4.90 Å². The largest absolute Gasteiger partial charge is 0.310 e. The van der Waals surface area contributed by atoms with E-state index >= 15 is 0 Å². The molecule has 0 aromatic heterocycles. The molecule has 12 rings (SSSR count). The van der Waals surface area contributed by atoms with Crippen molar-refractivity contribution in [3.8, 4) is 66.8 Å². The van der Waals surface area contributed by atoms with Gasteiger partial charge in [0.1, 0.15) is 0 Å². The van der Waals surface area contributed by atoms with Crippen LogP contribution in [0.5, 0.6) is 0 Å². The third-order valence-corrected chi connectivity index (χ3v) is 14.0. The Bertz CT molecular complexity index is 3570. The Kier molecular flexibility index (Phi) is 10.0. The fourth-order valence-corrected chi connectivity index (χ4v) is 10.6. The lowest BCUT2D eigenvalue weighted by atomic mass is 9.74. The fourth-order valence-electron chi connectivity index (χ4n) is 10.6. The van der Waals surface area contributed by atoms with Gasteiger partial charge < -0.3 is 4.90 Å². The summed E-state index contributed by atoms with van der Waals surface area (Å²) in [6, 6.07) is 97.7. The third kappa shape index (κ3) is 7.04. The fraction of sp³-hybridized carbons (Fsp3) is 0.0303. The second-order valence-electron chi connectivity index (χ2n) is 17.8. The summed E-state index contributed by atoms with van der Waals surface area (Å²) in [7, 11) is 0. The van der Waals surface area contributed by atoms with Gasteiger partial charge in [-0.3, -0.25) is 0 Å². The van der Waals surface area contributed by atoms with Crippen LogP contribution in [0.4, 0.5) is 17.1 Å². The predicted octanol–water partition coefficient (Wildman–Crippen LogP) is 18.0. The van der Waals surface area contributed by atoms with Gasteiger partial charge in [-0.1, -0.05) is 231 Å². The van der Waals surface area contributed by atoms with Crippen molar-refractivity contribution in [1.82, 2.24) is 0 Å². The first-order valence-electron chi connectivity index (χ1n) is 23.2. The van der Waals surface area contributed by atoms with E-state index in [9.17, 15) is 0 Å². The Morgan fingerprint density at radius 2 is 0.806 bits per heavy atom. The first kappa shape index (κ1) is 40.0. The van der Waals surface area contributed by atoms with Gasteiger partial charge >= 0.3 is 0 Å². The Labute approximate surface area is 393 Å². The zero-order chi connectivity index (χ0) is 44.7. The molecule has 0 fully saturated rings. The van der Waals surface area contributed by atoms with E-state index in [4.69, 9.17) is 0 Å². The maximum atomic E-state index is 2.44. The minimum Gasteiger partial charge on any atom is -0.310 e. The lowest BCUT2D eigenvalue weighted by Crippen LogP contribution is -2.22. The van der Waals surface area contributed by atoms with E-state index in [0.717, 1.165) is 22.6 Å². The molecule has 11 aromatic rings. The second-order valence-corrected chi connectivity index (χ2v) is 17.8. The number of fused-ring (bicyclic) bond motifs is 4. The first-order valence-corrected chi connectivity index (χ1v) is 23.2. The molecule has 0 amide bonds. The van der Waals surface area contributed by atoms with E-state index in [1.54, 1.807) is 0 Å². The number of nitrogens with zero attached hydrogens (tertiary/aromatic N) is 1. The van der Waals surface area contributed by atoms with Gasteiger partial charge in [0.05, 0.1) is 5.69 Å². The van der Waals surface area contributed by atoms with Crippen molar-refractivity contribution in [3.05, 3.63) is 284 Å². The van der Waals surface area contributed by atoms with Gasteiger partial charge in [0.25, 0.3) is 0 Å². The van der Waals surface area contributed by atoms with E-state index in [2.05, 4.69) is 279 Å². The Balaban J connectivity index is 0.985. The quantitative estimate of drug-likeness (QED) is 0.140. The van der Waals surface area contributed by atoms with Gasteiger partial charge in [0.2, 0.25) is 0 Å². The molecule has 11 aromatic carbocycles. The van der Waals surface area contributed by atoms with Crippen LogP contribution in [-0.2, 0) is 5.41 Å². The summed E-state index contributed by atoms with van der Waals surface area (Å²) in [4.78, 5) is 2.44. The van der Waals surface area contributed by atoms with Crippen molar-refractivity contribution in [3.63, 3.8) is 0 Å². The van der Waals surface area contributed by atoms with Crippen molar-refractivity contribution in [1.29, 1.82) is 0 Å². The van der Waals surface area contributed by atoms with E-state index in [1.165, 1.54) is 88.7 Å². The number of rotatable bonds is 9. The van der Waals surface area contributed by atoms with Gasteiger partial charge in [-0.25, -0.2) is 0 Å². The van der Waals surface area contributed by atoms with Crippen LogP contribution in [0.15, 0.2) is 267 Å². The molecular weight excluding hydrogens is 807 g/mol. The summed E-state index contributed by atoms with van der Waals surface area (Å²) in [5, 5.41) is 2.51. The molecule has 0 saturated carbocycles.